The fourth-order valence-electron chi connectivity index (χ4n) is 2.81. The monoisotopic (exact) mass is 217 g/mol. The Labute approximate surface area is 97.0 Å². The molecule has 0 amide bonds. The van der Waals surface area contributed by atoms with Crippen molar-refractivity contribution in [3.63, 3.8) is 0 Å². The molecule has 2 aliphatic heterocycles. The number of hydrogen-bond acceptors (Lipinski definition) is 2. The van der Waals surface area contributed by atoms with E-state index in [1.165, 1.54) is 42.7 Å². The first-order valence-corrected chi connectivity index (χ1v) is 6.40. The third kappa shape index (κ3) is 1.94. The van der Waals surface area contributed by atoms with E-state index >= 15 is 0 Å². The van der Waals surface area contributed by atoms with Gasteiger partial charge in [-0.25, -0.2) is 0 Å². The Balaban J connectivity index is 1.76. The van der Waals surface area contributed by atoms with Gasteiger partial charge in [-0.15, -0.1) is 0 Å². The minimum absolute atomic E-state index is 0.657. The number of rotatable bonds is 2. The molecular weight excluding hydrogens is 198 g/mol. The van der Waals surface area contributed by atoms with Gasteiger partial charge in [0.25, 0.3) is 0 Å². The summed E-state index contributed by atoms with van der Waals surface area (Å²) in [4.78, 5) is 0. The van der Waals surface area contributed by atoms with E-state index in [0.29, 0.717) is 6.04 Å². The maximum atomic E-state index is 5.74. The van der Waals surface area contributed by atoms with Gasteiger partial charge in [-0.3, -0.25) is 0 Å². The molecule has 2 nitrogen and oxygen atoms in total. The third-order valence-corrected chi connectivity index (χ3v) is 3.67. The molecule has 1 fully saturated rings. The van der Waals surface area contributed by atoms with Crippen molar-refractivity contribution in [1.29, 1.82) is 0 Å². The van der Waals surface area contributed by atoms with E-state index in [0.717, 1.165) is 19.4 Å². The maximum Gasteiger partial charge on any atom is 0.125 e. The Bertz CT molecular complexity index is 369. The first kappa shape index (κ1) is 10.2. The molecule has 1 saturated heterocycles. The molecule has 0 aliphatic carbocycles. The lowest BCUT2D eigenvalue weighted by atomic mass is 9.96. The van der Waals surface area contributed by atoms with Gasteiger partial charge in [-0.05, 0) is 36.9 Å². The van der Waals surface area contributed by atoms with Gasteiger partial charge in [0.2, 0.25) is 0 Å². The molecule has 2 heterocycles. The second kappa shape index (κ2) is 4.46. The molecule has 16 heavy (non-hydrogen) atoms. The number of ether oxygens (including phenoxy) is 1. The molecule has 1 atom stereocenters. The fourth-order valence-corrected chi connectivity index (χ4v) is 2.81. The average Bonchev–Trinajstić information content (AvgIpc) is 2.80. The highest BCUT2D eigenvalue weighted by Gasteiger charge is 2.19. The van der Waals surface area contributed by atoms with E-state index in [2.05, 4.69) is 23.5 Å². The van der Waals surface area contributed by atoms with Crippen LogP contribution in [-0.4, -0.2) is 19.2 Å². The summed E-state index contributed by atoms with van der Waals surface area (Å²) >= 11 is 0. The lowest BCUT2D eigenvalue weighted by Gasteiger charge is -2.24. The Hall–Kier alpha value is -1.02. The second-order valence-electron chi connectivity index (χ2n) is 4.85. The zero-order valence-electron chi connectivity index (χ0n) is 9.67. The van der Waals surface area contributed by atoms with Gasteiger partial charge >= 0.3 is 0 Å². The van der Waals surface area contributed by atoms with Crippen LogP contribution in [0.25, 0.3) is 0 Å². The van der Waals surface area contributed by atoms with E-state index in [4.69, 9.17) is 4.74 Å². The third-order valence-electron chi connectivity index (χ3n) is 3.67. The maximum absolute atomic E-state index is 5.74. The summed E-state index contributed by atoms with van der Waals surface area (Å²) in [7, 11) is 0. The van der Waals surface area contributed by atoms with Gasteiger partial charge < -0.3 is 10.1 Å². The first-order chi connectivity index (χ1) is 7.93. The summed E-state index contributed by atoms with van der Waals surface area (Å²) in [5.41, 5.74) is 2.79. The minimum atomic E-state index is 0.657. The van der Waals surface area contributed by atoms with Crippen LogP contribution in [0.4, 0.5) is 0 Å². The molecule has 0 bridgehead atoms. The Morgan fingerprint density at radius 3 is 3.19 bits per heavy atom. The molecule has 0 spiro atoms. The van der Waals surface area contributed by atoms with Crippen molar-refractivity contribution in [2.24, 2.45) is 0 Å². The quantitative estimate of drug-likeness (QED) is 0.820. The van der Waals surface area contributed by atoms with Gasteiger partial charge in [0, 0.05) is 12.5 Å². The molecule has 1 N–H and O–H groups in total. The van der Waals surface area contributed by atoms with Crippen LogP contribution in [0.5, 0.6) is 5.75 Å². The van der Waals surface area contributed by atoms with Crippen LogP contribution in [-0.2, 0) is 12.8 Å². The van der Waals surface area contributed by atoms with Crippen LogP contribution in [0, 0.1) is 0 Å². The van der Waals surface area contributed by atoms with Crippen LogP contribution >= 0.6 is 0 Å². The molecule has 2 aliphatic rings. The van der Waals surface area contributed by atoms with E-state index in [-0.39, 0.29) is 0 Å². The number of para-hydroxylation sites is 1. The Morgan fingerprint density at radius 1 is 1.31 bits per heavy atom. The zero-order chi connectivity index (χ0) is 10.8. The number of hydrogen-bond donors (Lipinski definition) is 1. The van der Waals surface area contributed by atoms with Crippen LogP contribution in [0.1, 0.15) is 30.4 Å². The highest BCUT2D eigenvalue weighted by atomic mass is 16.5. The molecular formula is C14H19NO. The van der Waals surface area contributed by atoms with Gasteiger partial charge in [-0.2, -0.15) is 0 Å². The number of nitrogens with one attached hydrogen (secondary N) is 1. The van der Waals surface area contributed by atoms with Gasteiger partial charge in [-0.1, -0.05) is 24.6 Å². The van der Waals surface area contributed by atoms with Crippen LogP contribution in [0.3, 0.4) is 0 Å². The van der Waals surface area contributed by atoms with Gasteiger partial charge in [0.05, 0.1) is 6.61 Å². The first-order valence-electron chi connectivity index (χ1n) is 6.40. The molecule has 1 aromatic carbocycles. The van der Waals surface area contributed by atoms with Crippen molar-refractivity contribution < 1.29 is 4.74 Å². The molecule has 0 saturated carbocycles. The normalized spacial score (nSPS) is 23.9. The smallest absolute Gasteiger partial charge is 0.125 e. The minimum Gasteiger partial charge on any atom is -0.493 e. The molecule has 0 aromatic heterocycles. The standard InChI is InChI=1S/C14H19NO/c1-2-8-15-13(6-1)10-12-5-3-4-11-7-9-16-14(11)12/h3-5,13,15H,1-2,6-10H2. The van der Waals surface area contributed by atoms with Crippen molar-refractivity contribution in [2.45, 2.75) is 38.1 Å². The number of piperidine rings is 1. The average molecular weight is 217 g/mol. The Morgan fingerprint density at radius 2 is 2.31 bits per heavy atom. The predicted molar refractivity (Wildman–Crippen MR) is 65.0 cm³/mol. The molecule has 1 aromatic rings. The zero-order valence-corrected chi connectivity index (χ0v) is 9.67. The van der Waals surface area contributed by atoms with Crippen molar-refractivity contribution >= 4 is 0 Å². The van der Waals surface area contributed by atoms with Crippen LogP contribution < -0.4 is 10.1 Å². The Kier molecular flexibility index (Phi) is 2.83. The molecule has 0 radical (unpaired) electrons. The summed E-state index contributed by atoms with van der Waals surface area (Å²) in [6.07, 6.45) is 6.22. The van der Waals surface area contributed by atoms with Crippen molar-refractivity contribution in [1.82, 2.24) is 5.32 Å². The van der Waals surface area contributed by atoms with Crippen LogP contribution in [0.15, 0.2) is 18.2 Å². The summed E-state index contributed by atoms with van der Waals surface area (Å²) in [5.74, 6) is 1.18. The number of benzene rings is 1. The van der Waals surface area contributed by atoms with E-state index in [1.807, 2.05) is 0 Å². The molecule has 3 rings (SSSR count). The summed E-state index contributed by atoms with van der Waals surface area (Å²) in [6.45, 7) is 2.05. The summed E-state index contributed by atoms with van der Waals surface area (Å²) in [6, 6.07) is 7.25. The second-order valence-corrected chi connectivity index (χ2v) is 4.85. The van der Waals surface area contributed by atoms with Crippen molar-refractivity contribution in [3.05, 3.63) is 29.3 Å². The fraction of sp³-hybridized carbons (Fsp3) is 0.571. The summed E-state index contributed by atoms with van der Waals surface area (Å²) < 4.78 is 5.74. The highest BCUT2D eigenvalue weighted by Crippen LogP contribution is 2.30. The highest BCUT2D eigenvalue weighted by molar-refractivity contribution is 5.44. The van der Waals surface area contributed by atoms with Gasteiger partial charge in [0.15, 0.2) is 0 Å². The lowest BCUT2D eigenvalue weighted by Crippen LogP contribution is -2.35. The van der Waals surface area contributed by atoms with Crippen molar-refractivity contribution in [3.8, 4) is 5.75 Å². The molecule has 2 heteroatoms. The predicted octanol–water partition coefficient (Wildman–Crippen LogP) is 2.31. The van der Waals surface area contributed by atoms with Gasteiger partial charge in [0.1, 0.15) is 5.75 Å². The topological polar surface area (TPSA) is 21.3 Å². The largest absolute Gasteiger partial charge is 0.493 e. The molecule has 86 valence electrons. The van der Waals surface area contributed by atoms with Crippen molar-refractivity contribution in [2.75, 3.05) is 13.2 Å². The SMILES string of the molecule is c1cc2c(c(CC3CCCCN3)c1)OCC2. The molecule has 1 unspecified atom stereocenters. The van der Waals surface area contributed by atoms with E-state index in [9.17, 15) is 0 Å². The number of fused-ring (bicyclic) bond motifs is 1. The summed E-state index contributed by atoms with van der Waals surface area (Å²) in [5, 5.41) is 3.60. The van der Waals surface area contributed by atoms with E-state index < -0.39 is 0 Å². The van der Waals surface area contributed by atoms with E-state index in [1.54, 1.807) is 0 Å². The lowest BCUT2D eigenvalue weighted by molar-refractivity contribution is 0.347. The van der Waals surface area contributed by atoms with Crippen LogP contribution in [0.2, 0.25) is 0 Å².